The SMILES string of the molecule is O=C(NCCCCCCl)c1ccc(I)c(Cl)c1. The number of carbonyl (C=O) groups excluding carboxylic acids is 1. The highest BCUT2D eigenvalue weighted by molar-refractivity contribution is 14.1. The minimum atomic E-state index is -0.0748. The van der Waals surface area contributed by atoms with Gasteiger partial charge in [0.2, 0.25) is 0 Å². The third-order valence-corrected chi connectivity index (χ3v) is 4.12. The van der Waals surface area contributed by atoms with Gasteiger partial charge < -0.3 is 5.32 Å². The highest BCUT2D eigenvalue weighted by atomic mass is 127. The van der Waals surface area contributed by atoms with E-state index in [9.17, 15) is 4.79 Å². The summed E-state index contributed by atoms with van der Waals surface area (Å²) in [5.41, 5.74) is 0.604. The number of nitrogens with one attached hydrogen (secondary N) is 1. The lowest BCUT2D eigenvalue weighted by Gasteiger charge is -2.05. The van der Waals surface area contributed by atoms with E-state index in [1.54, 1.807) is 12.1 Å². The maximum absolute atomic E-state index is 11.7. The van der Waals surface area contributed by atoms with Crippen molar-refractivity contribution < 1.29 is 4.79 Å². The topological polar surface area (TPSA) is 29.1 Å². The smallest absolute Gasteiger partial charge is 0.251 e. The summed E-state index contributed by atoms with van der Waals surface area (Å²) < 4.78 is 0.947. The molecule has 0 spiro atoms. The molecule has 0 aliphatic heterocycles. The van der Waals surface area contributed by atoms with Crippen molar-refractivity contribution in [1.29, 1.82) is 0 Å². The third-order valence-electron chi connectivity index (χ3n) is 2.28. The summed E-state index contributed by atoms with van der Waals surface area (Å²) in [5, 5.41) is 3.47. The van der Waals surface area contributed by atoms with Gasteiger partial charge in [0.25, 0.3) is 5.91 Å². The van der Waals surface area contributed by atoms with Crippen molar-refractivity contribution >= 4 is 51.7 Å². The lowest BCUT2D eigenvalue weighted by Crippen LogP contribution is -2.24. The molecule has 1 aromatic carbocycles. The Morgan fingerprint density at radius 1 is 1.29 bits per heavy atom. The summed E-state index contributed by atoms with van der Waals surface area (Å²) >= 11 is 13.7. The Balaban J connectivity index is 2.39. The van der Waals surface area contributed by atoms with Gasteiger partial charge in [-0.25, -0.2) is 0 Å². The van der Waals surface area contributed by atoms with Crippen LogP contribution in [0.2, 0.25) is 5.02 Å². The molecule has 0 aliphatic carbocycles. The van der Waals surface area contributed by atoms with Gasteiger partial charge in [-0.15, -0.1) is 11.6 Å². The van der Waals surface area contributed by atoms with Crippen molar-refractivity contribution in [2.45, 2.75) is 19.3 Å². The molecule has 0 aromatic heterocycles. The van der Waals surface area contributed by atoms with Gasteiger partial charge in [-0.3, -0.25) is 4.79 Å². The highest BCUT2D eigenvalue weighted by Gasteiger charge is 2.06. The third kappa shape index (κ3) is 5.44. The van der Waals surface area contributed by atoms with Crippen molar-refractivity contribution in [1.82, 2.24) is 5.32 Å². The first kappa shape index (κ1) is 15.1. The van der Waals surface area contributed by atoms with E-state index < -0.39 is 0 Å². The van der Waals surface area contributed by atoms with Crippen LogP contribution in [0.3, 0.4) is 0 Å². The molecule has 1 rings (SSSR count). The summed E-state index contributed by atoms with van der Waals surface area (Å²) in [6, 6.07) is 5.31. The maximum Gasteiger partial charge on any atom is 0.251 e. The highest BCUT2D eigenvalue weighted by Crippen LogP contribution is 2.19. The first-order valence-electron chi connectivity index (χ1n) is 5.44. The zero-order chi connectivity index (χ0) is 12.7. The van der Waals surface area contributed by atoms with Crippen LogP contribution in [0.1, 0.15) is 29.6 Å². The Labute approximate surface area is 125 Å². The molecule has 94 valence electrons. The van der Waals surface area contributed by atoms with Crippen molar-refractivity contribution in [3.63, 3.8) is 0 Å². The van der Waals surface area contributed by atoms with Crippen LogP contribution >= 0.6 is 45.8 Å². The van der Waals surface area contributed by atoms with Gasteiger partial charge in [-0.2, -0.15) is 0 Å². The fourth-order valence-electron chi connectivity index (χ4n) is 1.34. The molecule has 0 saturated carbocycles. The number of rotatable bonds is 6. The number of hydrogen-bond acceptors (Lipinski definition) is 1. The van der Waals surface area contributed by atoms with E-state index in [4.69, 9.17) is 23.2 Å². The van der Waals surface area contributed by atoms with Crippen LogP contribution in [0.25, 0.3) is 0 Å². The second-order valence-electron chi connectivity index (χ2n) is 3.63. The molecule has 17 heavy (non-hydrogen) atoms. The van der Waals surface area contributed by atoms with E-state index in [1.165, 1.54) is 0 Å². The second-order valence-corrected chi connectivity index (χ2v) is 5.58. The number of benzene rings is 1. The number of hydrogen-bond donors (Lipinski definition) is 1. The van der Waals surface area contributed by atoms with Crippen LogP contribution in [0.15, 0.2) is 18.2 Å². The molecule has 0 aliphatic rings. The molecule has 1 amide bonds. The molecule has 0 atom stereocenters. The molecule has 0 heterocycles. The largest absolute Gasteiger partial charge is 0.352 e. The molecule has 0 unspecified atom stereocenters. The van der Waals surface area contributed by atoms with Crippen LogP contribution in [0.4, 0.5) is 0 Å². The molecule has 5 heteroatoms. The first-order chi connectivity index (χ1) is 8.15. The van der Waals surface area contributed by atoms with Crippen LogP contribution in [-0.2, 0) is 0 Å². The number of carbonyl (C=O) groups is 1. The lowest BCUT2D eigenvalue weighted by atomic mass is 10.2. The summed E-state index contributed by atoms with van der Waals surface area (Å²) in [7, 11) is 0. The van der Waals surface area contributed by atoms with Gasteiger partial charge in [-0.05, 0) is 53.6 Å². The molecule has 1 aromatic rings. The second kappa shape index (κ2) is 8.16. The summed E-state index contributed by atoms with van der Waals surface area (Å²) in [6.45, 7) is 0.680. The quantitative estimate of drug-likeness (QED) is 0.446. The number of unbranched alkanes of at least 4 members (excludes halogenated alkanes) is 2. The van der Waals surface area contributed by atoms with Crippen molar-refractivity contribution in [2.24, 2.45) is 0 Å². The minimum absolute atomic E-state index is 0.0748. The Morgan fingerprint density at radius 3 is 2.71 bits per heavy atom. The zero-order valence-electron chi connectivity index (χ0n) is 9.31. The van der Waals surface area contributed by atoms with Crippen LogP contribution in [0.5, 0.6) is 0 Å². The van der Waals surface area contributed by atoms with Crippen LogP contribution in [-0.4, -0.2) is 18.3 Å². The Hall–Kier alpha value is -0.0000000000000000555. The van der Waals surface area contributed by atoms with E-state index in [1.807, 2.05) is 6.07 Å². The molecule has 0 bridgehead atoms. The number of amides is 1. The number of alkyl halides is 1. The van der Waals surface area contributed by atoms with Crippen LogP contribution < -0.4 is 5.32 Å². The van der Waals surface area contributed by atoms with Crippen molar-refractivity contribution in [3.8, 4) is 0 Å². The van der Waals surface area contributed by atoms with E-state index >= 15 is 0 Å². The molecule has 0 radical (unpaired) electrons. The average molecular weight is 386 g/mol. The van der Waals surface area contributed by atoms with E-state index in [-0.39, 0.29) is 5.91 Å². The van der Waals surface area contributed by atoms with Crippen LogP contribution in [0, 0.1) is 3.57 Å². The molecule has 1 N–H and O–H groups in total. The molecule has 0 fully saturated rings. The lowest BCUT2D eigenvalue weighted by molar-refractivity contribution is 0.0953. The maximum atomic E-state index is 11.7. The summed E-state index contributed by atoms with van der Waals surface area (Å²) in [5.74, 6) is 0.606. The molecular formula is C12H14Cl2INO. The Kier molecular flexibility index (Phi) is 7.23. The monoisotopic (exact) mass is 385 g/mol. The van der Waals surface area contributed by atoms with Gasteiger partial charge >= 0.3 is 0 Å². The number of halogens is 3. The molecular weight excluding hydrogens is 372 g/mol. The first-order valence-corrected chi connectivity index (χ1v) is 7.43. The molecule has 0 saturated heterocycles. The van der Waals surface area contributed by atoms with Gasteiger partial charge in [0.1, 0.15) is 0 Å². The Bertz CT molecular complexity index is 385. The van der Waals surface area contributed by atoms with Gasteiger partial charge in [0, 0.05) is 21.6 Å². The normalized spacial score (nSPS) is 10.3. The summed E-state index contributed by atoms with van der Waals surface area (Å²) in [6.07, 6.45) is 2.99. The van der Waals surface area contributed by atoms with E-state index in [0.29, 0.717) is 23.0 Å². The standard InChI is InChI=1S/C12H14Cl2INO/c13-6-2-1-3-7-16-12(17)9-4-5-11(15)10(14)8-9/h4-5,8H,1-3,6-7H2,(H,16,17). The van der Waals surface area contributed by atoms with Gasteiger partial charge in [0.05, 0.1) is 5.02 Å². The van der Waals surface area contributed by atoms with E-state index in [0.717, 1.165) is 22.8 Å². The van der Waals surface area contributed by atoms with Crippen molar-refractivity contribution in [3.05, 3.63) is 32.4 Å². The fraction of sp³-hybridized carbons (Fsp3) is 0.417. The molecule has 2 nitrogen and oxygen atoms in total. The fourth-order valence-corrected chi connectivity index (χ4v) is 2.04. The van der Waals surface area contributed by atoms with Crippen molar-refractivity contribution in [2.75, 3.05) is 12.4 Å². The summed E-state index contributed by atoms with van der Waals surface area (Å²) in [4.78, 5) is 11.7. The Morgan fingerprint density at radius 2 is 2.06 bits per heavy atom. The van der Waals surface area contributed by atoms with Gasteiger partial charge in [-0.1, -0.05) is 18.0 Å². The predicted octanol–water partition coefficient (Wildman–Crippen LogP) is 4.08. The zero-order valence-corrected chi connectivity index (χ0v) is 13.0. The van der Waals surface area contributed by atoms with E-state index in [2.05, 4.69) is 27.9 Å². The average Bonchev–Trinajstić information content (AvgIpc) is 2.32. The minimum Gasteiger partial charge on any atom is -0.352 e. The predicted molar refractivity (Wildman–Crippen MR) is 81.1 cm³/mol. The van der Waals surface area contributed by atoms with Gasteiger partial charge in [0.15, 0.2) is 0 Å².